The number of carbonyl (C=O) groups excluding carboxylic acids is 1. The zero-order chi connectivity index (χ0) is 12.1. The molecule has 0 radical (unpaired) electrons. The van der Waals surface area contributed by atoms with Gasteiger partial charge in [-0.25, -0.2) is 4.79 Å². The van der Waals surface area contributed by atoms with Crippen molar-refractivity contribution in [3.05, 3.63) is 0 Å². The molecule has 0 aromatic rings. The molecule has 1 saturated heterocycles. The number of likely N-dealkylation sites (N-methyl/N-ethyl adjacent to an activating group) is 2. The minimum absolute atomic E-state index is 0.0587. The van der Waals surface area contributed by atoms with E-state index in [1.54, 1.807) is 0 Å². The lowest BCUT2D eigenvalue weighted by atomic mass is 10.2. The van der Waals surface area contributed by atoms with Crippen molar-refractivity contribution in [1.29, 1.82) is 0 Å². The highest BCUT2D eigenvalue weighted by Gasteiger charge is 2.28. The van der Waals surface area contributed by atoms with Gasteiger partial charge in [-0.15, -0.1) is 0 Å². The SMILES string of the molecule is CNCC1CN(C)CCN1C(=O)NC(C)C. The maximum Gasteiger partial charge on any atom is 0.317 e. The number of rotatable bonds is 3. The molecule has 0 aliphatic carbocycles. The van der Waals surface area contributed by atoms with E-state index >= 15 is 0 Å². The molecule has 5 heteroatoms. The number of hydrogen-bond acceptors (Lipinski definition) is 3. The summed E-state index contributed by atoms with van der Waals surface area (Å²) in [5.41, 5.74) is 0. The fourth-order valence-electron chi connectivity index (χ4n) is 2.02. The summed E-state index contributed by atoms with van der Waals surface area (Å²) in [5.74, 6) is 0. The third kappa shape index (κ3) is 3.64. The highest BCUT2D eigenvalue weighted by Crippen LogP contribution is 2.08. The van der Waals surface area contributed by atoms with Gasteiger partial charge in [0.1, 0.15) is 0 Å². The van der Waals surface area contributed by atoms with Crippen molar-refractivity contribution in [3.63, 3.8) is 0 Å². The average Bonchev–Trinajstić information content (AvgIpc) is 2.17. The van der Waals surface area contributed by atoms with E-state index in [9.17, 15) is 4.79 Å². The number of hydrogen-bond donors (Lipinski definition) is 2. The molecule has 1 heterocycles. The van der Waals surface area contributed by atoms with Gasteiger partial charge in [-0.05, 0) is 27.9 Å². The van der Waals surface area contributed by atoms with Crippen molar-refractivity contribution in [3.8, 4) is 0 Å². The number of piperazine rings is 1. The summed E-state index contributed by atoms with van der Waals surface area (Å²) in [4.78, 5) is 16.2. The predicted molar refractivity (Wildman–Crippen MR) is 65.6 cm³/mol. The van der Waals surface area contributed by atoms with Crippen molar-refractivity contribution in [1.82, 2.24) is 20.4 Å². The van der Waals surface area contributed by atoms with Crippen LogP contribution in [0.3, 0.4) is 0 Å². The third-order valence-corrected chi connectivity index (χ3v) is 2.80. The van der Waals surface area contributed by atoms with Crippen molar-refractivity contribution < 1.29 is 4.79 Å². The highest BCUT2D eigenvalue weighted by atomic mass is 16.2. The van der Waals surface area contributed by atoms with Gasteiger partial charge >= 0.3 is 6.03 Å². The van der Waals surface area contributed by atoms with Crippen LogP contribution in [0, 0.1) is 0 Å². The molecule has 1 unspecified atom stereocenters. The first-order chi connectivity index (χ1) is 7.54. The van der Waals surface area contributed by atoms with Gasteiger partial charge in [0, 0.05) is 32.2 Å². The number of carbonyl (C=O) groups is 1. The molecule has 1 fully saturated rings. The Labute approximate surface area is 98.2 Å². The van der Waals surface area contributed by atoms with Crippen molar-refractivity contribution in [2.75, 3.05) is 40.3 Å². The zero-order valence-corrected chi connectivity index (χ0v) is 10.8. The summed E-state index contributed by atoms with van der Waals surface area (Å²) >= 11 is 0. The summed E-state index contributed by atoms with van der Waals surface area (Å²) in [6.45, 7) is 7.51. The molecule has 0 aromatic carbocycles. The van der Waals surface area contributed by atoms with Gasteiger partial charge in [-0.2, -0.15) is 0 Å². The Morgan fingerprint density at radius 1 is 1.44 bits per heavy atom. The van der Waals surface area contributed by atoms with Gasteiger partial charge < -0.3 is 20.4 Å². The molecule has 1 atom stereocenters. The molecule has 0 bridgehead atoms. The van der Waals surface area contributed by atoms with E-state index in [0.29, 0.717) is 0 Å². The number of amides is 2. The Morgan fingerprint density at radius 2 is 2.12 bits per heavy atom. The molecule has 1 rings (SSSR count). The largest absolute Gasteiger partial charge is 0.336 e. The first-order valence-electron chi connectivity index (χ1n) is 5.95. The van der Waals surface area contributed by atoms with E-state index in [4.69, 9.17) is 0 Å². The van der Waals surface area contributed by atoms with Gasteiger partial charge in [0.2, 0.25) is 0 Å². The Hall–Kier alpha value is -0.810. The Bertz CT molecular complexity index is 232. The van der Waals surface area contributed by atoms with Crippen molar-refractivity contribution in [2.45, 2.75) is 25.9 Å². The summed E-state index contributed by atoms with van der Waals surface area (Å²) in [7, 11) is 4.02. The average molecular weight is 228 g/mol. The van der Waals surface area contributed by atoms with Crippen LogP contribution in [0.15, 0.2) is 0 Å². The minimum atomic E-state index is 0.0587. The lowest BCUT2D eigenvalue weighted by molar-refractivity contribution is 0.108. The number of nitrogens with one attached hydrogen (secondary N) is 2. The van der Waals surface area contributed by atoms with Gasteiger partial charge in [0.25, 0.3) is 0 Å². The maximum absolute atomic E-state index is 12.0. The Morgan fingerprint density at radius 3 is 2.69 bits per heavy atom. The van der Waals surface area contributed by atoms with Crippen LogP contribution in [0.4, 0.5) is 4.79 Å². The molecule has 2 amide bonds. The number of urea groups is 1. The van der Waals surface area contributed by atoms with E-state index in [0.717, 1.165) is 26.2 Å². The Kier molecular flexibility index (Phi) is 5.02. The second kappa shape index (κ2) is 6.06. The van der Waals surface area contributed by atoms with Crippen molar-refractivity contribution >= 4 is 6.03 Å². The lowest BCUT2D eigenvalue weighted by Crippen LogP contribution is -2.59. The summed E-state index contributed by atoms with van der Waals surface area (Å²) in [6.07, 6.45) is 0. The molecule has 0 aromatic heterocycles. The lowest BCUT2D eigenvalue weighted by Gasteiger charge is -2.40. The van der Waals surface area contributed by atoms with E-state index in [2.05, 4.69) is 22.6 Å². The highest BCUT2D eigenvalue weighted by molar-refractivity contribution is 5.75. The second-order valence-corrected chi connectivity index (χ2v) is 4.77. The molecule has 94 valence electrons. The van der Waals surface area contributed by atoms with Crippen LogP contribution in [-0.4, -0.2) is 68.2 Å². The first kappa shape index (κ1) is 13.3. The molecule has 0 spiro atoms. The molecule has 2 N–H and O–H groups in total. The number of nitrogens with zero attached hydrogens (tertiary/aromatic N) is 2. The molecule has 1 aliphatic heterocycles. The molecule has 1 aliphatic rings. The first-order valence-corrected chi connectivity index (χ1v) is 5.95. The second-order valence-electron chi connectivity index (χ2n) is 4.77. The molecule has 5 nitrogen and oxygen atoms in total. The normalized spacial score (nSPS) is 22.6. The third-order valence-electron chi connectivity index (χ3n) is 2.80. The van der Waals surface area contributed by atoms with Crippen LogP contribution < -0.4 is 10.6 Å². The van der Waals surface area contributed by atoms with E-state index in [-0.39, 0.29) is 18.1 Å². The van der Waals surface area contributed by atoms with Gasteiger partial charge in [0.05, 0.1) is 6.04 Å². The van der Waals surface area contributed by atoms with Crippen LogP contribution in [-0.2, 0) is 0 Å². The quantitative estimate of drug-likeness (QED) is 0.711. The fourth-order valence-corrected chi connectivity index (χ4v) is 2.02. The molecular weight excluding hydrogens is 204 g/mol. The maximum atomic E-state index is 12.0. The standard InChI is InChI=1S/C11H24N4O/c1-9(2)13-11(16)15-6-5-14(4)8-10(15)7-12-3/h9-10,12H,5-8H2,1-4H3,(H,13,16). The predicted octanol–water partition coefficient (Wildman–Crippen LogP) is -0.0602. The van der Waals surface area contributed by atoms with Gasteiger partial charge in [-0.3, -0.25) is 0 Å². The minimum Gasteiger partial charge on any atom is -0.336 e. The summed E-state index contributed by atoms with van der Waals surface area (Å²) in [6, 6.07) is 0.522. The molecular formula is C11H24N4O. The van der Waals surface area contributed by atoms with Crippen LogP contribution in [0.2, 0.25) is 0 Å². The zero-order valence-electron chi connectivity index (χ0n) is 10.8. The molecule has 0 saturated carbocycles. The fraction of sp³-hybridized carbons (Fsp3) is 0.909. The Balaban J connectivity index is 2.57. The smallest absolute Gasteiger partial charge is 0.317 e. The van der Waals surface area contributed by atoms with Gasteiger partial charge in [-0.1, -0.05) is 0 Å². The van der Waals surface area contributed by atoms with E-state index < -0.39 is 0 Å². The summed E-state index contributed by atoms with van der Waals surface area (Å²) in [5, 5.41) is 6.10. The van der Waals surface area contributed by atoms with Gasteiger partial charge in [0.15, 0.2) is 0 Å². The summed E-state index contributed by atoms with van der Waals surface area (Å²) < 4.78 is 0. The molecule has 16 heavy (non-hydrogen) atoms. The van der Waals surface area contributed by atoms with Crippen LogP contribution in [0.5, 0.6) is 0 Å². The van der Waals surface area contributed by atoms with Crippen LogP contribution in [0.25, 0.3) is 0 Å². The van der Waals surface area contributed by atoms with E-state index in [1.807, 2.05) is 25.8 Å². The topological polar surface area (TPSA) is 47.6 Å². The van der Waals surface area contributed by atoms with Crippen LogP contribution in [0.1, 0.15) is 13.8 Å². The van der Waals surface area contributed by atoms with E-state index in [1.165, 1.54) is 0 Å². The van der Waals surface area contributed by atoms with Crippen molar-refractivity contribution in [2.24, 2.45) is 0 Å². The van der Waals surface area contributed by atoms with Crippen LogP contribution >= 0.6 is 0 Å². The monoisotopic (exact) mass is 228 g/mol.